The van der Waals surface area contributed by atoms with E-state index in [-0.39, 0.29) is 24.9 Å². The molecule has 0 saturated carbocycles. The predicted molar refractivity (Wildman–Crippen MR) is 96.9 cm³/mol. The lowest BCUT2D eigenvalue weighted by Crippen LogP contribution is -2.36. The fourth-order valence-electron chi connectivity index (χ4n) is 2.31. The van der Waals surface area contributed by atoms with Crippen LogP contribution in [0.15, 0.2) is 48.5 Å². The second-order valence-electron chi connectivity index (χ2n) is 5.81. The van der Waals surface area contributed by atoms with E-state index < -0.39 is 5.82 Å². The van der Waals surface area contributed by atoms with Crippen LogP contribution >= 0.6 is 0 Å². The van der Waals surface area contributed by atoms with E-state index in [4.69, 9.17) is 5.26 Å². The number of amides is 2. The summed E-state index contributed by atoms with van der Waals surface area (Å²) in [5.41, 5.74) is 1.86. The van der Waals surface area contributed by atoms with E-state index in [0.717, 1.165) is 5.56 Å². The molecular weight excluding hydrogens is 335 g/mol. The number of carbonyl (C=O) groups excluding carboxylic acids is 2. The zero-order chi connectivity index (χ0) is 18.9. The molecule has 0 bridgehead atoms. The maximum absolute atomic E-state index is 13.1. The lowest BCUT2D eigenvalue weighted by Gasteiger charge is -2.16. The summed E-state index contributed by atoms with van der Waals surface area (Å²) in [5, 5.41) is 13.9. The van der Waals surface area contributed by atoms with Crippen molar-refractivity contribution in [1.82, 2.24) is 4.90 Å². The van der Waals surface area contributed by atoms with Gasteiger partial charge in [-0.15, -0.1) is 0 Å². The van der Waals surface area contributed by atoms with E-state index in [9.17, 15) is 14.0 Å². The highest BCUT2D eigenvalue weighted by molar-refractivity contribution is 5.94. The zero-order valence-corrected chi connectivity index (χ0v) is 14.3. The third kappa shape index (κ3) is 6.34. The highest BCUT2D eigenvalue weighted by Gasteiger charge is 2.11. The Morgan fingerprint density at radius 2 is 1.65 bits per heavy atom. The van der Waals surface area contributed by atoms with E-state index in [2.05, 4.69) is 16.7 Å². The van der Waals surface area contributed by atoms with E-state index in [1.807, 2.05) is 0 Å². The summed E-state index contributed by atoms with van der Waals surface area (Å²) in [6, 6.07) is 14.7. The average Bonchev–Trinajstić information content (AvgIpc) is 2.56. The molecule has 0 aliphatic rings. The fourth-order valence-corrected chi connectivity index (χ4v) is 2.31. The van der Waals surface area contributed by atoms with Crippen molar-refractivity contribution in [3.8, 4) is 6.07 Å². The molecule has 0 aromatic heterocycles. The van der Waals surface area contributed by atoms with Gasteiger partial charge in [-0.05, 0) is 42.9 Å². The number of rotatable bonds is 7. The second kappa shape index (κ2) is 9.30. The number of carbonyl (C=O) groups is 2. The van der Waals surface area contributed by atoms with Gasteiger partial charge in [0, 0.05) is 11.4 Å². The molecule has 0 unspecified atom stereocenters. The summed E-state index contributed by atoms with van der Waals surface area (Å²) >= 11 is 0. The Morgan fingerprint density at radius 1 is 1.04 bits per heavy atom. The smallest absolute Gasteiger partial charge is 0.238 e. The molecule has 0 saturated heterocycles. The molecule has 0 fully saturated rings. The van der Waals surface area contributed by atoms with Crippen LogP contribution < -0.4 is 10.6 Å². The Hall–Kier alpha value is -3.24. The Balaban J connectivity index is 1.79. The Morgan fingerprint density at radius 3 is 2.23 bits per heavy atom. The number of nitrogens with zero attached hydrogens (tertiary/aromatic N) is 2. The van der Waals surface area contributed by atoms with Crippen molar-refractivity contribution in [2.45, 2.75) is 6.42 Å². The van der Waals surface area contributed by atoms with Crippen LogP contribution in [0.5, 0.6) is 0 Å². The minimum Gasteiger partial charge on any atom is -0.325 e. The van der Waals surface area contributed by atoms with Crippen LogP contribution in [0.2, 0.25) is 0 Å². The van der Waals surface area contributed by atoms with Gasteiger partial charge in [0.15, 0.2) is 0 Å². The highest BCUT2D eigenvalue weighted by Crippen LogP contribution is 2.10. The van der Waals surface area contributed by atoms with E-state index >= 15 is 0 Å². The molecule has 7 heteroatoms. The van der Waals surface area contributed by atoms with Gasteiger partial charge in [0.1, 0.15) is 5.82 Å². The lowest BCUT2D eigenvalue weighted by molar-refractivity contribution is -0.119. The van der Waals surface area contributed by atoms with Crippen molar-refractivity contribution in [1.29, 1.82) is 5.26 Å². The van der Waals surface area contributed by atoms with Gasteiger partial charge in [-0.2, -0.15) is 5.26 Å². The number of likely N-dealkylation sites (N-methyl/N-ethyl adjacent to an activating group) is 1. The maximum atomic E-state index is 13.1. The number of nitrogens with one attached hydrogen (secondary N) is 2. The first-order chi connectivity index (χ1) is 12.5. The van der Waals surface area contributed by atoms with E-state index in [0.29, 0.717) is 17.8 Å². The standard InChI is InChI=1S/C19H19FN4O2/c1-24(13-19(26)23-17-4-2-3-15(20)11-17)12-18(25)22-16-7-5-14(6-8-16)9-10-21/h2-8,11H,9,12-13H2,1H3,(H,22,25)(H,23,26). The van der Waals surface area contributed by atoms with Crippen molar-refractivity contribution in [3.63, 3.8) is 0 Å². The number of halogens is 1. The molecule has 26 heavy (non-hydrogen) atoms. The molecule has 0 heterocycles. The normalized spacial score (nSPS) is 10.2. The molecule has 6 nitrogen and oxygen atoms in total. The lowest BCUT2D eigenvalue weighted by atomic mass is 10.1. The van der Waals surface area contributed by atoms with Crippen molar-refractivity contribution in [2.75, 3.05) is 30.8 Å². The molecule has 0 radical (unpaired) electrons. The minimum atomic E-state index is -0.434. The molecule has 0 aliphatic heterocycles. The number of hydrogen-bond acceptors (Lipinski definition) is 4. The minimum absolute atomic E-state index is 0.00889. The quantitative estimate of drug-likeness (QED) is 0.800. The van der Waals surface area contributed by atoms with Crippen LogP contribution in [0.1, 0.15) is 5.56 Å². The monoisotopic (exact) mass is 354 g/mol. The predicted octanol–water partition coefficient (Wildman–Crippen LogP) is 2.40. The molecular formula is C19H19FN4O2. The summed E-state index contributed by atoms with van der Waals surface area (Å²) < 4.78 is 13.1. The van der Waals surface area contributed by atoms with Gasteiger partial charge in [-0.25, -0.2) is 4.39 Å². The van der Waals surface area contributed by atoms with Crippen molar-refractivity contribution < 1.29 is 14.0 Å². The van der Waals surface area contributed by atoms with Gasteiger partial charge in [-0.3, -0.25) is 14.5 Å². The van der Waals surface area contributed by atoms with Crippen LogP contribution in [0.4, 0.5) is 15.8 Å². The first-order valence-electron chi connectivity index (χ1n) is 7.96. The number of benzene rings is 2. The second-order valence-corrected chi connectivity index (χ2v) is 5.81. The summed E-state index contributed by atoms with van der Waals surface area (Å²) in [7, 11) is 1.64. The molecule has 2 aromatic rings. The Kier molecular flexibility index (Phi) is 6.83. The summed E-state index contributed by atoms with van der Waals surface area (Å²) in [4.78, 5) is 25.5. The van der Waals surface area contributed by atoms with Crippen LogP contribution in [0.25, 0.3) is 0 Å². The number of anilines is 2. The fraction of sp³-hybridized carbons (Fsp3) is 0.211. The van der Waals surface area contributed by atoms with Crippen LogP contribution in [-0.4, -0.2) is 36.9 Å². The average molecular weight is 354 g/mol. The van der Waals surface area contributed by atoms with E-state index in [1.165, 1.54) is 18.2 Å². The third-order valence-electron chi connectivity index (χ3n) is 3.46. The van der Waals surface area contributed by atoms with Gasteiger partial charge in [0.05, 0.1) is 25.6 Å². The number of hydrogen-bond donors (Lipinski definition) is 2. The van der Waals surface area contributed by atoms with Crippen LogP contribution in [-0.2, 0) is 16.0 Å². The zero-order valence-electron chi connectivity index (χ0n) is 14.3. The topological polar surface area (TPSA) is 85.2 Å². The Labute approximate surface area is 151 Å². The molecule has 134 valence electrons. The SMILES string of the molecule is CN(CC(=O)Nc1ccc(CC#N)cc1)CC(=O)Nc1cccc(F)c1. The van der Waals surface area contributed by atoms with Crippen LogP contribution in [0.3, 0.4) is 0 Å². The van der Waals surface area contributed by atoms with Crippen LogP contribution in [0, 0.1) is 17.1 Å². The number of nitriles is 1. The van der Waals surface area contributed by atoms with Crippen molar-refractivity contribution in [3.05, 3.63) is 59.9 Å². The molecule has 0 aliphatic carbocycles. The van der Waals surface area contributed by atoms with E-state index in [1.54, 1.807) is 42.3 Å². The van der Waals surface area contributed by atoms with Gasteiger partial charge < -0.3 is 10.6 Å². The first kappa shape index (κ1) is 19.1. The highest BCUT2D eigenvalue weighted by atomic mass is 19.1. The van der Waals surface area contributed by atoms with Gasteiger partial charge in [0.2, 0.25) is 11.8 Å². The molecule has 0 spiro atoms. The molecule has 2 rings (SSSR count). The summed E-state index contributed by atoms with van der Waals surface area (Å²) in [5.74, 6) is -1.04. The largest absolute Gasteiger partial charge is 0.325 e. The van der Waals surface area contributed by atoms with Gasteiger partial charge >= 0.3 is 0 Å². The van der Waals surface area contributed by atoms with Gasteiger partial charge in [0.25, 0.3) is 0 Å². The Bertz CT molecular complexity index is 815. The first-order valence-corrected chi connectivity index (χ1v) is 7.96. The summed E-state index contributed by atoms with van der Waals surface area (Å²) in [6.07, 6.45) is 0.317. The molecule has 2 N–H and O–H groups in total. The molecule has 2 amide bonds. The molecule has 2 aromatic carbocycles. The third-order valence-corrected chi connectivity index (χ3v) is 3.46. The van der Waals surface area contributed by atoms with Crippen molar-refractivity contribution >= 4 is 23.2 Å². The van der Waals surface area contributed by atoms with Gasteiger partial charge in [-0.1, -0.05) is 18.2 Å². The van der Waals surface area contributed by atoms with Crippen molar-refractivity contribution in [2.24, 2.45) is 0 Å². The summed E-state index contributed by atoms with van der Waals surface area (Å²) in [6.45, 7) is 0.0154. The molecule has 0 atom stereocenters. The maximum Gasteiger partial charge on any atom is 0.238 e.